The molecule has 3 heteroatoms. The third-order valence-electron chi connectivity index (χ3n) is 2.57. The van der Waals surface area contributed by atoms with Gasteiger partial charge in [0.2, 0.25) is 0 Å². The third-order valence-corrected chi connectivity index (χ3v) is 2.57. The second kappa shape index (κ2) is 9.04. The summed E-state index contributed by atoms with van der Waals surface area (Å²) < 4.78 is 4.22. The highest BCUT2D eigenvalue weighted by Gasteiger charge is 1.81. The van der Waals surface area contributed by atoms with Crippen molar-refractivity contribution in [1.82, 2.24) is 10.4 Å². The highest BCUT2D eigenvalue weighted by atomic mass is 16.5. The van der Waals surface area contributed by atoms with E-state index in [1.54, 1.807) is 0 Å². The van der Waals surface area contributed by atoms with Crippen LogP contribution in [0.3, 0.4) is 0 Å². The summed E-state index contributed by atoms with van der Waals surface area (Å²) in [5.74, 6) is 0. The van der Waals surface area contributed by atoms with Crippen LogP contribution in [0.1, 0.15) is 11.1 Å². The van der Waals surface area contributed by atoms with Crippen molar-refractivity contribution in [2.75, 3.05) is 0 Å². The minimum absolute atomic E-state index is 1.22. The van der Waals surface area contributed by atoms with Gasteiger partial charge in [-0.1, -0.05) is 85.0 Å². The van der Waals surface area contributed by atoms with Crippen molar-refractivity contribution in [1.29, 1.82) is 0 Å². The average molecular weight is 276 g/mol. The highest BCUT2D eigenvalue weighted by molar-refractivity contribution is 5.56. The van der Waals surface area contributed by atoms with Gasteiger partial charge in [-0.2, -0.15) is 0 Å². The smallest absolute Gasteiger partial charge is 0.144 e. The van der Waals surface area contributed by atoms with E-state index in [0.29, 0.717) is 0 Å². The lowest BCUT2D eigenvalue weighted by atomic mass is 10.2. The summed E-state index contributed by atoms with van der Waals surface area (Å²) in [6.07, 6.45) is 11.2. The number of allylic oxidation sites excluding steroid dienone is 2. The summed E-state index contributed by atoms with van der Waals surface area (Å²) in [7, 11) is 0. The molecule has 0 spiro atoms. The topological polar surface area (TPSA) is 38.9 Å². The van der Waals surface area contributed by atoms with E-state index in [0.717, 1.165) is 0 Å². The fraction of sp³-hybridized carbons (Fsp3) is 0. The molecule has 21 heavy (non-hydrogen) atoms. The van der Waals surface area contributed by atoms with Gasteiger partial charge in [0.1, 0.15) is 6.26 Å². The summed E-state index contributed by atoms with van der Waals surface area (Å²) >= 11 is 0. The Kier molecular flexibility index (Phi) is 6.23. The molecule has 0 aliphatic carbocycles. The van der Waals surface area contributed by atoms with E-state index in [1.807, 2.05) is 36.4 Å². The Hall–Kier alpha value is -2.94. The van der Waals surface area contributed by atoms with Gasteiger partial charge in [-0.15, -0.1) is 5.10 Å². The number of hydrogen-bond acceptors (Lipinski definition) is 3. The molecular formula is C18H16N2O. The van der Waals surface area contributed by atoms with Gasteiger partial charge in [-0.05, 0) is 11.1 Å². The van der Waals surface area contributed by atoms with Crippen molar-refractivity contribution in [2.24, 2.45) is 0 Å². The first kappa shape index (κ1) is 14.5. The predicted octanol–water partition coefficient (Wildman–Crippen LogP) is 4.48. The molecular weight excluding hydrogens is 260 g/mol. The van der Waals surface area contributed by atoms with Crippen LogP contribution in [0, 0.1) is 0 Å². The minimum atomic E-state index is 1.22. The Morgan fingerprint density at radius 3 is 1.57 bits per heavy atom. The maximum atomic E-state index is 4.22. The number of nitrogens with zero attached hydrogens (tertiary/aromatic N) is 2. The van der Waals surface area contributed by atoms with Gasteiger partial charge in [0.25, 0.3) is 0 Å². The fourth-order valence-corrected chi connectivity index (χ4v) is 1.60. The van der Waals surface area contributed by atoms with Gasteiger partial charge < -0.3 is 4.52 Å². The highest BCUT2D eigenvalue weighted by Crippen LogP contribution is 2.03. The van der Waals surface area contributed by atoms with E-state index in [4.69, 9.17) is 0 Å². The molecule has 0 unspecified atom stereocenters. The molecule has 0 amide bonds. The van der Waals surface area contributed by atoms with Crippen LogP contribution in [0.5, 0.6) is 0 Å². The molecule has 0 saturated carbocycles. The van der Waals surface area contributed by atoms with Gasteiger partial charge in [0.05, 0.1) is 6.20 Å². The molecule has 0 fully saturated rings. The van der Waals surface area contributed by atoms with Crippen LogP contribution < -0.4 is 0 Å². The van der Waals surface area contributed by atoms with E-state index in [2.05, 4.69) is 63.5 Å². The van der Waals surface area contributed by atoms with Crippen LogP contribution >= 0.6 is 0 Å². The maximum absolute atomic E-state index is 4.22. The number of aromatic nitrogens is 2. The summed E-state index contributed by atoms with van der Waals surface area (Å²) in [5.41, 5.74) is 2.44. The SMILES string of the molecule is C(/C=C/c1ccccc1)=C\c1ccccc1.c1conn1. The zero-order chi connectivity index (χ0) is 14.6. The van der Waals surface area contributed by atoms with Gasteiger partial charge in [-0.3, -0.25) is 0 Å². The molecule has 0 radical (unpaired) electrons. The van der Waals surface area contributed by atoms with E-state index in [1.165, 1.54) is 23.6 Å². The summed E-state index contributed by atoms with van der Waals surface area (Å²) in [5, 5.41) is 6.40. The normalized spacial score (nSPS) is 10.5. The zero-order valence-corrected chi connectivity index (χ0v) is 11.5. The van der Waals surface area contributed by atoms with Crippen molar-refractivity contribution in [2.45, 2.75) is 0 Å². The van der Waals surface area contributed by atoms with Crippen LogP contribution in [-0.4, -0.2) is 10.4 Å². The van der Waals surface area contributed by atoms with Crippen LogP contribution in [-0.2, 0) is 0 Å². The van der Waals surface area contributed by atoms with E-state index >= 15 is 0 Å². The van der Waals surface area contributed by atoms with Gasteiger partial charge in [-0.25, -0.2) is 0 Å². The molecule has 3 rings (SSSR count). The Morgan fingerprint density at radius 2 is 1.24 bits per heavy atom. The van der Waals surface area contributed by atoms with E-state index < -0.39 is 0 Å². The molecule has 1 heterocycles. The van der Waals surface area contributed by atoms with Crippen molar-refractivity contribution >= 4 is 12.2 Å². The molecule has 3 aromatic rings. The Morgan fingerprint density at radius 1 is 0.714 bits per heavy atom. The van der Waals surface area contributed by atoms with E-state index in [9.17, 15) is 0 Å². The van der Waals surface area contributed by atoms with Gasteiger partial charge >= 0.3 is 0 Å². The lowest BCUT2D eigenvalue weighted by Crippen LogP contribution is -1.68. The lowest BCUT2D eigenvalue weighted by molar-refractivity contribution is 0.393. The first-order chi connectivity index (χ1) is 10.4. The monoisotopic (exact) mass is 276 g/mol. The summed E-state index contributed by atoms with van der Waals surface area (Å²) in [4.78, 5) is 0. The van der Waals surface area contributed by atoms with Crippen LogP contribution in [0.15, 0.2) is 89.8 Å². The largest absolute Gasteiger partial charge is 0.346 e. The summed E-state index contributed by atoms with van der Waals surface area (Å²) in [6.45, 7) is 0. The molecule has 0 N–H and O–H groups in total. The molecule has 0 saturated heterocycles. The van der Waals surface area contributed by atoms with Crippen molar-refractivity contribution in [3.05, 3.63) is 96.4 Å². The summed E-state index contributed by atoms with van der Waals surface area (Å²) in [6, 6.07) is 20.6. The molecule has 3 nitrogen and oxygen atoms in total. The zero-order valence-electron chi connectivity index (χ0n) is 11.5. The maximum Gasteiger partial charge on any atom is 0.144 e. The van der Waals surface area contributed by atoms with Crippen LogP contribution in [0.4, 0.5) is 0 Å². The Balaban J connectivity index is 0.000000272. The second-order valence-corrected chi connectivity index (χ2v) is 4.13. The Labute approximate surface area is 124 Å². The number of benzene rings is 2. The Bertz CT molecular complexity index is 579. The quantitative estimate of drug-likeness (QED) is 0.662. The molecule has 0 aliphatic rings. The fourth-order valence-electron chi connectivity index (χ4n) is 1.60. The van der Waals surface area contributed by atoms with E-state index in [-0.39, 0.29) is 0 Å². The molecule has 0 aliphatic heterocycles. The number of hydrogen-bond donors (Lipinski definition) is 0. The van der Waals surface area contributed by atoms with Gasteiger partial charge in [0, 0.05) is 5.27 Å². The second-order valence-electron chi connectivity index (χ2n) is 4.13. The van der Waals surface area contributed by atoms with Crippen molar-refractivity contribution in [3.8, 4) is 0 Å². The lowest BCUT2D eigenvalue weighted by Gasteiger charge is -1.90. The minimum Gasteiger partial charge on any atom is -0.346 e. The predicted molar refractivity (Wildman–Crippen MR) is 85.3 cm³/mol. The van der Waals surface area contributed by atoms with Crippen LogP contribution in [0.2, 0.25) is 0 Å². The van der Waals surface area contributed by atoms with Crippen LogP contribution in [0.25, 0.3) is 12.2 Å². The first-order valence-electron chi connectivity index (χ1n) is 6.61. The average Bonchev–Trinajstić information content (AvgIpc) is 3.13. The standard InChI is InChI=1S/C16H14.C2H2N2O/c1-3-9-15(10-4-1)13-7-8-14-16-11-5-2-6-12-16;1-2-5-4-3-1/h1-14H;1-2H/b13-7+,14-8+;. The van der Waals surface area contributed by atoms with Gasteiger partial charge in [0.15, 0.2) is 0 Å². The molecule has 104 valence electrons. The molecule has 2 aromatic carbocycles. The molecule has 0 bridgehead atoms. The molecule has 0 atom stereocenters. The third kappa shape index (κ3) is 6.16. The van der Waals surface area contributed by atoms with Crippen molar-refractivity contribution < 1.29 is 4.52 Å². The number of rotatable bonds is 3. The first-order valence-corrected chi connectivity index (χ1v) is 6.61. The molecule has 1 aromatic heterocycles. The van der Waals surface area contributed by atoms with Crippen molar-refractivity contribution in [3.63, 3.8) is 0 Å².